The quantitative estimate of drug-likeness (QED) is 0.891. The molecule has 1 unspecified atom stereocenters. The maximum atomic E-state index is 3.63. The van der Waals surface area contributed by atoms with Crippen LogP contribution in [0.4, 0.5) is 5.69 Å². The van der Waals surface area contributed by atoms with E-state index in [1.807, 2.05) is 0 Å². The van der Waals surface area contributed by atoms with Crippen LogP contribution in [0.3, 0.4) is 0 Å². The fraction of sp³-hybridized carbons (Fsp3) is 0.571. The zero-order valence-corrected chi connectivity index (χ0v) is 12.2. The van der Waals surface area contributed by atoms with Gasteiger partial charge in [-0.25, -0.2) is 0 Å². The largest absolute Gasteiger partial charge is 0.381 e. The first-order chi connectivity index (χ1) is 8.16. The number of aryl methyl sites for hydroxylation is 1. The predicted octanol–water partition coefficient (Wildman–Crippen LogP) is 3.56. The van der Waals surface area contributed by atoms with Gasteiger partial charge in [-0.05, 0) is 79.3 Å². The molecule has 1 saturated heterocycles. The maximum Gasteiger partial charge on any atom is 0.0486 e. The number of anilines is 1. The molecule has 0 bridgehead atoms. The minimum absolute atomic E-state index is 0.538. The molecule has 0 aromatic heterocycles. The van der Waals surface area contributed by atoms with Crippen molar-refractivity contribution in [3.05, 3.63) is 28.2 Å². The Kier molecular flexibility index (Phi) is 4.46. The van der Waals surface area contributed by atoms with Gasteiger partial charge in [-0.15, -0.1) is 0 Å². The van der Waals surface area contributed by atoms with Crippen molar-refractivity contribution in [2.24, 2.45) is 5.92 Å². The van der Waals surface area contributed by atoms with E-state index in [0.29, 0.717) is 6.04 Å². The Hall–Kier alpha value is -0.540. The van der Waals surface area contributed by atoms with Crippen molar-refractivity contribution in [3.8, 4) is 0 Å². The number of benzene rings is 1. The van der Waals surface area contributed by atoms with Crippen LogP contribution in [0.15, 0.2) is 22.7 Å². The zero-order chi connectivity index (χ0) is 12.3. The van der Waals surface area contributed by atoms with Crippen molar-refractivity contribution < 1.29 is 0 Å². The van der Waals surface area contributed by atoms with Gasteiger partial charge in [0.15, 0.2) is 0 Å². The first kappa shape index (κ1) is 12.9. The lowest BCUT2D eigenvalue weighted by molar-refractivity contribution is 0.343. The molecule has 17 heavy (non-hydrogen) atoms. The van der Waals surface area contributed by atoms with Gasteiger partial charge in [0.1, 0.15) is 0 Å². The molecule has 0 radical (unpaired) electrons. The third-order valence-corrected chi connectivity index (χ3v) is 4.25. The van der Waals surface area contributed by atoms with Crippen LogP contribution in [0, 0.1) is 12.8 Å². The molecule has 0 saturated carbocycles. The van der Waals surface area contributed by atoms with E-state index >= 15 is 0 Å². The Morgan fingerprint density at radius 1 is 1.35 bits per heavy atom. The Morgan fingerprint density at radius 2 is 2.06 bits per heavy atom. The van der Waals surface area contributed by atoms with Gasteiger partial charge < -0.3 is 10.6 Å². The molecule has 2 rings (SSSR count). The van der Waals surface area contributed by atoms with Crippen LogP contribution < -0.4 is 10.6 Å². The topological polar surface area (TPSA) is 24.1 Å². The fourth-order valence-corrected chi connectivity index (χ4v) is 3.05. The lowest BCUT2D eigenvalue weighted by Crippen LogP contribution is -2.36. The van der Waals surface area contributed by atoms with E-state index < -0.39 is 0 Å². The van der Waals surface area contributed by atoms with Crippen molar-refractivity contribution >= 4 is 21.6 Å². The number of piperidine rings is 1. The molecule has 2 N–H and O–H groups in total. The normalized spacial score (nSPS) is 19.0. The van der Waals surface area contributed by atoms with Crippen LogP contribution >= 0.6 is 15.9 Å². The van der Waals surface area contributed by atoms with Gasteiger partial charge in [-0.2, -0.15) is 0 Å². The van der Waals surface area contributed by atoms with Crippen molar-refractivity contribution in [1.29, 1.82) is 0 Å². The highest BCUT2D eigenvalue weighted by molar-refractivity contribution is 9.10. The highest BCUT2D eigenvalue weighted by atomic mass is 79.9. The molecule has 1 aliphatic rings. The SMILES string of the molecule is Cc1ccc(NC(C)C2CCNCC2)c(Br)c1. The minimum Gasteiger partial charge on any atom is -0.381 e. The van der Waals surface area contributed by atoms with E-state index in [0.717, 1.165) is 19.0 Å². The molecule has 1 aromatic rings. The summed E-state index contributed by atoms with van der Waals surface area (Å²) >= 11 is 3.62. The average molecular weight is 297 g/mol. The average Bonchev–Trinajstić information content (AvgIpc) is 2.34. The van der Waals surface area contributed by atoms with Gasteiger partial charge in [0.25, 0.3) is 0 Å². The monoisotopic (exact) mass is 296 g/mol. The van der Waals surface area contributed by atoms with Crippen molar-refractivity contribution in [3.63, 3.8) is 0 Å². The highest BCUT2D eigenvalue weighted by Gasteiger charge is 2.19. The number of hydrogen-bond acceptors (Lipinski definition) is 2. The maximum absolute atomic E-state index is 3.63. The summed E-state index contributed by atoms with van der Waals surface area (Å²) in [4.78, 5) is 0. The Labute approximate surface area is 112 Å². The van der Waals surface area contributed by atoms with E-state index in [4.69, 9.17) is 0 Å². The van der Waals surface area contributed by atoms with Crippen molar-refractivity contribution in [2.45, 2.75) is 32.7 Å². The number of halogens is 1. The fourth-order valence-electron chi connectivity index (χ4n) is 2.44. The lowest BCUT2D eigenvalue weighted by Gasteiger charge is -2.29. The van der Waals surface area contributed by atoms with Crippen molar-refractivity contribution in [1.82, 2.24) is 5.32 Å². The first-order valence-electron chi connectivity index (χ1n) is 6.40. The Morgan fingerprint density at radius 3 is 2.71 bits per heavy atom. The molecule has 94 valence electrons. The van der Waals surface area contributed by atoms with Crippen LogP contribution in [0.5, 0.6) is 0 Å². The van der Waals surface area contributed by atoms with Gasteiger partial charge in [-0.1, -0.05) is 6.07 Å². The summed E-state index contributed by atoms with van der Waals surface area (Å²) < 4.78 is 1.17. The highest BCUT2D eigenvalue weighted by Crippen LogP contribution is 2.26. The van der Waals surface area contributed by atoms with E-state index in [2.05, 4.69) is 58.6 Å². The summed E-state index contributed by atoms with van der Waals surface area (Å²) in [6.45, 7) is 6.73. The van der Waals surface area contributed by atoms with Gasteiger partial charge in [-0.3, -0.25) is 0 Å². The standard InChI is InChI=1S/C14H21BrN2/c1-10-3-4-14(13(15)9-10)17-11(2)12-5-7-16-8-6-12/h3-4,9,11-12,16-17H,5-8H2,1-2H3. The molecule has 0 aliphatic carbocycles. The molecule has 1 fully saturated rings. The lowest BCUT2D eigenvalue weighted by atomic mass is 9.91. The molecule has 0 amide bonds. The molecular weight excluding hydrogens is 276 g/mol. The zero-order valence-electron chi connectivity index (χ0n) is 10.6. The summed E-state index contributed by atoms with van der Waals surface area (Å²) in [5, 5.41) is 7.05. The second kappa shape index (κ2) is 5.87. The summed E-state index contributed by atoms with van der Waals surface area (Å²) in [5.41, 5.74) is 2.50. The predicted molar refractivity (Wildman–Crippen MR) is 77.6 cm³/mol. The molecule has 1 heterocycles. The number of nitrogens with one attached hydrogen (secondary N) is 2. The second-order valence-corrected chi connectivity index (χ2v) is 5.86. The molecule has 1 atom stereocenters. The first-order valence-corrected chi connectivity index (χ1v) is 7.19. The van der Waals surface area contributed by atoms with E-state index in [9.17, 15) is 0 Å². The Balaban J connectivity index is 1.99. The van der Waals surface area contributed by atoms with Crippen LogP contribution in [-0.4, -0.2) is 19.1 Å². The van der Waals surface area contributed by atoms with Gasteiger partial charge in [0.2, 0.25) is 0 Å². The van der Waals surface area contributed by atoms with Gasteiger partial charge >= 0.3 is 0 Å². The van der Waals surface area contributed by atoms with Crippen LogP contribution in [0.25, 0.3) is 0 Å². The van der Waals surface area contributed by atoms with Gasteiger partial charge in [0.05, 0.1) is 0 Å². The van der Waals surface area contributed by atoms with Crippen LogP contribution in [0.1, 0.15) is 25.3 Å². The smallest absolute Gasteiger partial charge is 0.0486 e. The van der Waals surface area contributed by atoms with Gasteiger partial charge in [0, 0.05) is 16.2 Å². The summed E-state index contributed by atoms with van der Waals surface area (Å²) in [6.07, 6.45) is 2.55. The van der Waals surface area contributed by atoms with E-state index in [1.54, 1.807) is 0 Å². The summed E-state index contributed by atoms with van der Waals surface area (Å²) in [6, 6.07) is 7.02. The molecule has 1 aliphatic heterocycles. The Bertz CT molecular complexity index is 372. The number of rotatable bonds is 3. The summed E-state index contributed by atoms with van der Waals surface area (Å²) in [7, 11) is 0. The third-order valence-electron chi connectivity index (χ3n) is 3.60. The van der Waals surface area contributed by atoms with E-state index in [1.165, 1.54) is 28.6 Å². The molecule has 0 spiro atoms. The van der Waals surface area contributed by atoms with Crippen LogP contribution in [-0.2, 0) is 0 Å². The third kappa shape index (κ3) is 3.46. The van der Waals surface area contributed by atoms with E-state index in [-0.39, 0.29) is 0 Å². The molecule has 2 nitrogen and oxygen atoms in total. The second-order valence-electron chi connectivity index (χ2n) is 5.00. The molecule has 3 heteroatoms. The number of hydrogen-bond donors (Lipinski definition) is 2. The summed E-state index contributed by atoms with van der Waals surface area (Å²) in [5.74, 6) is 0.782. The van der Waals surface area contributed by atoms with Crippen LogP contribution in [0.2, 0.25) is 0 Å². The molecule has 1 aromatic carbocycles. The minimum atomic E-state index is 0.538. The molecular formula is C14H21BrN2. The van der Waals surface area contributed by atoms with Crippen molar-refractivity contribution in [2.75, 3.05) is 18.4 Å².